The van der Waals surface area contributed by atoms with Crippen molar-refractivity contribution in [2.45, 2.75) is 6.61 Å². The van der Waals surface area contributed by atoms with Crippen LogP contribution in [0.5, 0.6) is 5.75 Å². The van der Waals surface area contributed by atoms with Crippen LogP contribution in [0, 0.1) is 0 Å². The molecule has 6 rings (SSSR count). The number of aromatic amines is 2. The summed E-state index contributed by atoms with van der Waals surface area (Å²) < 4.78 is 6.00. The van der Waals surface area contributed by atoms with Gasteiger partial charge in [0.25, 0.3) is 0 Å². The summed E-state index contributed by atoms with van der Waals surface area (Å²) in [6.07, 6.45) is 0. The summed E-state index contributed by atoms with van der Waals surface area (Å²) in [6, 6.07) is 32.7. The first-order chi connectivity index (χ1) is 15.8. The number of nitrogens with zero attached hydrogens (tertiary/aromatic N) is 2. The molecule has 0 fully saturated rings. The van der Waals surface area contributed by atoms with Crippen molar-refractivity contribution in [3.8, 4) is 28.4 Å². The molecule has 0 radical (unpaired) electrons. The summed E-state index contributed by atoms with van der Waals surface area (Å²) in [4.78, 5) is 8.22. The molecule has 6 aromatic rings. The van der Waals surface area contributed by atoms with Crippen LogP contribution in [0.2, 0.25) is 0 Å². The smallest absolute Gasteiger partial charge is 0.157 e. The summed E-state index contributed by atoms with van der Waals surface area (Å²) in [5.74, 6) is 1.63. The van der Waals surface area contributed by atoms with E-state index in [9.17, 15) is 0 Å². The van der Waals surface area contributed by atoms with Crippen molar-refractivity contribution in [1.82, 2.24) is 20.2 Å². The number of imidazole rings is 1. The van der Waals surface area contributed by atoms with E-state index in [2.05, 4.69) is 51.6 Å². The zero-order valence-electron chi connectivity index (χ0n) is 17.2. The van der Waals surface area contributed by atoms with E-state index in [1.807, 2.05) is 60.7 Å². The van der Waals surface area contributed by atoms with Gasteiger partial charge in [-0.2, -0.15) is 5.10 Å². The number of benzene rings is 4. The first-order valence-electron chi connectivity index (χ1n) is 10.5. The fourth-order valence-electron chi connectivity index (χ4n) is 3.95. The van der Waals surface area contributed by atoms with E-state index in [1.165, 1.54) is 0 Å². The Kier molecular flexibility index (Phi) is 4.43. The predicted octanol–water partition coefficient (Wildman–Crippen LogP) is 6.35. The second-order valence-electron chi connectivity index (χ2n) is 7.74. The van der Waals surface area contributed by atoms with Gasteiger partial charge in [0.2, 0.25) is 0 Å². The lowest BCUT2D eigenvalue weighted by atomic mass is 10.0. The number of rotatable bonds is 5. The molecule has 0 amide bonds. The first kappa shape index (κ1) is 18.4. The average molecular weight is 416 g/mol. The van der Waals surface area contributed by atoms with E-state index in [0.717, 1.165) is 55.9 Å². The number of ether oxygens (including phenoxy) is 1. The molecular formula is C27H20N4O. The van der Waals surface area contributed by atoms with Crippen molar-refractivity contribution in [2.24, 2.45) is 0 Å². The van der Waals surface area contributed by atoms with Crippen molar-refractivity contribution >= 4 is 21.9 Å². The summed E-state index contributed by atoms with van der Waals surface area (Å²) in [5.41, 5.74) is 7.07. The summed E-state index contributed by atoms with van der Waals surface area (Å²) in [6.45, 7) is 0.547. The molecule has 0 aliphatic carbocycles. The molecule has 0 saturated heterocycles. The van der Waals surface area contributed by atoms with Gasteiger partial charge in [0, 0.05) is 5.39 Å². The number of H-pyrrole nitrogens is 2. The summed E-state index contributed by atoms with van der Waals surface area (Å²) >= 11 is 0. The lowest BCUT2D eigenvalue weighted by molar-refractivity contribution is 0.306. The number of hydrogen-bond acceptors (Lipinski definition) is 3. The van der Waals surface area contributed by atoms with Crippen molar-refractivity contribution in [1.29, 1.82) is 0 Å². The second kappa shape index (κ2) is 7.71. The van der Waals surface area contributed by atoms with Gasteiger partial charge >= 0.3 is 0 Å². The summed E-state index contributed by atoms with van der Waals surface area (Å²) in [5, 5.41) is 8.54. The molecule has 2 heterocycles. The van der Waals surface area contributed by atoms with Gasteiger partial charge in [0.15, 0.2) is 5.82 Å². The molecule has 0 spiro atoms. The fraction of sp³-hybridized carbons (Fsp3) is 0.0370. The number of aromatic nitrogens is 4. The van der Waals surface area contributed by atoms with Crippen molar-refractivity contribution in [3.05, 3.63) is 103 Å². The maximum atomic E-state index is 6.00. The van der Waals surface area contributed by atoms with Crippen molar-refractivity contribution < 1.29 is 4.74 Å². The molecule has 2 N–H and O–H groups in total. The Balaban J connectivity index is 1.30. The molecule has 0 unspecified atom stereocenters. The van der Waals surface area contributed by atoms with Crippen LogP contribution >= 0.6 is 0 Å². The van der Waals surface area contributed by atoms with Crippen LogP contribution < -0.4 is 4.74 Å². The molecule has 0 atom stereocenters. The van der Waals surface area contributed by atoms with E-state index < -0.39 is 0 Å². The zero-order valence-corrected chi connectivity index (χ0v) is 17.2. The van der Waals surface area contributed by atoms with Crippen LogP contribution in [0.3, 0.4) is 0 Å². The first-order valence-corrected chi connectivity index (χ1v) is 10.5. The quantitative estimate of drug-likeness (QED) is 0.344. The normalized spacial score (nSPS) is 11.2. The minimum absolute atomic E-state index is 0.547. The highest BCUT2D eigenvalue weighted by Gasteiger charge is 2.12. The molecule has 0 aliphatic heterocycles. The average Bonchev–Trinajstić information content (AvgIpc) is 3.47. The Labute approximate surface area is 184 Å². The SMILES string of the molecule is c1ccc(COc2cccc(-c3ccc4nc(-c5[nH]nc6ccccc56)[nH]c4c3)c2)cc1. The monoisotopic (exact) mass is 416 g/mol. The van der Waals surface area contributed by atoms with Crippen LogP contribution in [0.25, 0.3) is 44.6 Å². The molecule has 2 aromatic heterocycles. The fourth-order valence-corrected chi connectivity index (χ4v) is 3.95. The van der Waals surface area contributed by atoms with Crippen LogP contribution in [0.15, 0.2) is 97.1 Å². The van der Waals surface area contributed by atoms with E-state index in [0.29, 0.717) is 6.61 Å². The zero-order chi connectivity index (χ0) is 21.3. The number of hydrogen-bond donors (Lipinski definition) is 2. The highest BCUT2D eigenvalue weighted by atomic mass is 16.5. The largest absolute Gasteiger partial charge is 0.489 e. The van der Waals surface area contributed by atoms with Gasteiger partial charge in [-0.3, -0.25) is 5.10 Å². The van der Waals surface area contributed by atoms with Gasteiger partial charge in [-0.15, -0.1) is 0 Å². The van der Waals surface area contributed by atoms with Crippen LogP contribution in [-0.4, -0.2) is 20.2 Å². The van der Waals surface area contributed by atoms with Crippen LogP contribution in [0.1, 0.15) is 5.56 Å². The van der Waals surface area contributed by atoms with Crippen molar-refractivity contribution in [3.63, 3.8) is 0 Å². The van der Waals surface area contributed by atoms with Gasteiger partial charge in [-0.25, -0.2) is 4.98 Å². The molecule has 0 saturated carbocycles. The third-order valence-corrected chi connectivity index (χ3v) is 5.60. The number of para-hydroxylation sites is 1. The highest BCUT2D eigenvalue weighted by molar-refractivity contribution is 5.93. The topological polar surface area (TPSA) is 66.6 Å². The van der Waals surface area contributed by atoms with Gasteiger partial charge in [0.1, 0.15) is 18.1 Å². The lowest BCUT2D eigenvalue weighted by Gasteiger charge is -2.08. The molecule has 154 valence electrons. The molecule has 5 nitrogen and oxygen atoms in total. The van der Waals surface area contributed by atoms with Gasteiger partial charge in [0.05, 0.1) is 16.6 Å². The minimum atomic E-state index is 0.547. The number of fused-ring (bicyclic) bond motifs is 2. The van der Waals surface area contributed by atoms with Crippen molar-refractivity contribution in [2.75, 3.05) is 0 Å². The lowest BCUT2D eigenvalue weighted by Crippen LogP contribution is -1.95. The third kappa shape index (κ3) is 3.40. The number of nitrogens with one attached hydrogen (secondary N) is 2. The Morgan fingerprint density at radius 2 is 1.56 bits per heavy atom. The molecule has 0 aliphatic rings. The minimum Gasteiger partial charge on any atom is -0.489 e. The van der Waals surface area contributed by atoms with E-state index in [-0.39, 0.29) is 0 Å². The summed E-state index contributed by atoms with van der Waals surface area (Å²) in [7, 11) is 0. The van der Waals surface area contributed by atoms with Crippen LogP contribution in [-0.2, 0) is 6.61 Å². The van der Waals surface area contributed by atoms with Gasteiger partial charge in [-0.05, 0) is 47.0 Å². The van der Waals surface area contributed by atoms with Gasteiger partial charge < -0.3 is 9.72 Å². The third-order valence-electron chi connectivity index (χ3n) is 5.60. The standard InChI is InChI=1S/C27H20N4O/c1-2-7-18(8-3-1)17-32-21-10-6-9-19(15-21)20-13-14-24-25(16-20)29-27(28-24)26-22-11-4-5-12-23(22)30-31-26/h1-16H,17H2,(H,28,29)(H,30,31). The van der Waals surface area contributed by atoms with E-state index in [1.54, 1.807) is 0 Å². The molecule has 4 aromatic carbocycles. The highest BCUT2D eigenvalue weighted by Crippen LogP contribution is 2.30. The van der Waals surface area contributed by atoms with Gasteiger partial charge in [-0.1, -0.05) is 66.7 Å². The Bertz CT molecular complexity index is 1530. The molecule has 0 bridgehead atoms. The maximum absolute atomic E-state index is 6.00. The second-order valence-corrected chi connectivity index (χ2v) is 7.74. The van der Waals surface area contributed by atoms with E-state index >= 15 is 0 Å². The Morgan fingerprint density at radius 3 is 2.50 bits per heavy atom. The molecule has 32 heavy (non-hydrogen) atoms. The molecular weight excluding hydrogens is 396 g/mol. The maximum Gasteiger partial charge on any atom is 0.157 e. The van der Waals surface area contributed by atoms with Crippen LogP contribution in [0.4, 0.5) is 0 Å². The Morgan fingerprint density at radius 1 is 0.719 bits per heavy atom. The predicted molar refractivity (Wildman–Crippen MR) is 127 cm³/mol. The molecule has 5 heteroatoms. The van der Waals surface area contributed by atoms with E-state index in [4.69, 9.17) is 9.72 Å². The Hall–Kier alpha value is -4.38.